The molecule has 25 heavy (non-hydrogen) atoms. The van der Waals surface area contributed by atoms with Crippen LogP contribution in [-0.4, -0.2) is 36.5 Å². The van der Waals surface area contributed by atoms with Gasteiger partial charge in [0.05, 0.1) is 19.2 Å². The van der Waals surface area contributed by atoms with E-state index in [0.717, 1.165) is 11.1 Å². The highest BCUT2D eigenvalue weighted by molar-refractivity contribution is 6.30. The van der Waals surface area contributed by atoms with E-state index in [-0.39, 0.29) is 24.4 Å². The number of rotatable bonds is 4. The van der Waals surface area contributed by atoms with Gasteiger partial charge >= 0.3 is 0 Å². The first-order chi connectivity index (χ1) is 11.6. The molecule has 2 aromatic carbocycles. The van der Waals surface area contributed by atoms with Gasteiger partial charge in [-0.15, -0.1) is 12.4 Å². The van der Waals surface area contributed by atoms with Crippen LogP contribution >= 0.6 is 24.0 Å². The van der Waals surface area contributed by atoms with Gasteiger partial charge in [0.2, 0.25) is 5.91 Å². The zero-order valence-electron chi connectivity index (χ0n) is 13.8. The molecule has 0 radical (unpaired) electrons. The summed E-state index contributed by atoms with van der Waals surface area (Å²) in [4.78, 5) is 14.5. The molecule has 2 atom stereocenters. The Balaban J connectivity index is 0.00000225. The molecule has 0 saturated carbocycles. The number of carbonyl (C=O) groups excluding carboxylic acids is 1. The van der Waals surface area contributed by atoms with E-state index >= 15 is 0 Å². The average molecular weight is 381 g/mol. The number of benzene rings is 2. The molecule has 2 aromatic rings. The lowest BCUT2D eigenvalue weighted by Gasteiger charge is -2.34. The van der Waals surface area contributed by atoms with Crippen LogP contribution in [0.2, 0.25) is 5.02 Å². The second kappa shape index (κ2) is 9.20. The van der Waals surface area contributed by atoms with Gasteiger partial charge in [-0.3, -0.25) is 4.79 Å². The number of ether oxygens (including phenoxy) is 1. The molecule has 134 valence electrons. The predicted octanol–water partition coefficient (Wildman–Crippen LogP) is 3.23. The van der Waals surface area contributed by atoms with E-state index in [1.165, 1.54) is 0 Å². The second-order valence-corrected chi connectivity index (χ2v) is 6.43. The number of hydrogen-bond donors (Lipinski definition) is 1. The van der Waals surface area contributed by atoms with Crippen molar-refractivity contribution < 1.29 is 9.53 Å². The van der Waals surface area contributed by atoms with Crippen molar-refractivity contribution in [3.8, 4) is 0 Å². The SMILES string of the molecule is Cl.NC(Cc1ccccc1)C(=O)N1CCOC(c2ccc(Cl)cc2)C1. The average Bonchev–Trinajstić information content (AvgIpc) is 2.62. The van der Waals surface area contributed by atoms with E-state index in [0.29, 0.717) is 31.1 Å². The molecule has 0 aliphatic carbocycles. The molecule has 0 spiro atoms. The Labute approximate surface area is 159 Å². The molecular formula is C19H22Cl2N2O2. The van der Waals surface area contributed by atoms with Crippen LogP contribution in [0.15, 0.2) is 54.6 Å². The number of carbonyl (C=O) groups is 1. The number of hydrogen-bond acceptors (Lipinski definition) is 3. The minimum Gasteiger partial charge on any atom is -0.370 e. The lowest BCUT2D eigenvalue weighted by molar-refractivity contribution is -0.140. The third-order valence-corrected chi connectivity index (χ3v) is 4.49. The van der Waals surface area contributed by atoms with Crippen molar-refractivity contribution >= 4 is 29.9 Å². The third kappa shape index (κ3) is 5.19. The zero-order chi connectivity index (χ0) is 16.9. The quantitative estimate of drug-likeness (QED) is 0.885. The van der Waals surface area contributed by atoms with Crippen molar-refractivity contribution in [1.29, 1.82) is 0 Å². The second-order valence-electron chi connectivity index (χ2n) is 5.99. The fourth-order valence-corrected chi connectivity index (χ4v) is 3.04. The lowest BCUT2D eigenvalue weighted by Crippen LogP contribution is -2.50. The molecule has 3 rings (SSSR count). The van der Waals surface area contributed by atoms with Gasteiger partial charge in [-0.05, 0) is 29.7 Å². The molecule has 1 aliphatic heterocycles. The standard InChI is InChI=1S/C19H21ClN2O2.ClH/c20-16-8-6-15(7-9-16)18-13-22(10-11-24-18)19(23)17(21)12-14-4-2-1-3-5-14;/h1-9,17-18H,10-13,21H2;1H. The monoisotopic (exact) mass is 380 g/mol. The number of nitrogens with two attached hydrogens (primary N) is 1. The van der Waals surface area contributed by atoms with Gasteiger partial charge in [0.15, 0.2) is 0 Å². The van der Waals surface area contributed by atoms with Crippen molar-refractivity contribution in [3.63, 3.8) is 0 Å². The lowest BCUT2D eigenvalue weighted by atomic mass is 10.0. The van der Waals surface area contributed by atoms with Crippen molar-refractivity contribution in [2.75, 3.05) is 19.7 Å². The molecule has 6 heteroatoms. The van der Waals surface area contributed by atoms with Crippen LogP contribution in [0, 0.1) is 0 Å². The number of morpholine rings is 1. The summed E-state index contributed by atoms with van der Waals surface area (Å²) in [5.41, 5.74) is 8.23. The van der Waals surface area contributed by atoms with E-state index < -0.39 is 6.04 Å². The summed E-state index contributed by atoms with van der Waals surface area (Å²) in [6.07, 6.45) is 0.409. The van der Waals surface area contributed by atoms with Gasteiger partial charge in [0.25, 0.3) is 0 Å². The van der Waals surface area contributed by atoms with Crippen molar-refractivity contribution in [1.82, 2.24) is 4.90 Å². The van der Waals surface area contributed by atoms with Crippen LogP contribution in [0.4, 0.5) is 0 Å². The Morgan fingerprint density at radius 3 is 2.56 bits per heavy atom. The van der Waals surface area contributed by atoms with E-state index in [2.05, 4.69) is 0 Å². The van der Waals surface area contributed by atoms with E-state index in [9.17, 15) is 4.79 Å². The molecule has 1 heterocycles. The largest absolute Gasteiger partial charge is 0.370 e. The number of nitrogens with zero attached hydrogens (tertiary/aromatic N) is 1. The molecular weight excluding hydrogens is 359 g/mol. The van der Waals surface area contributed by atoms with Gasteiger partial charge < -0.3 is 15.4 Å². The highest BCUT2D eigenvalue weighted by Crippen LogP contribution is 2.24. The van der Waals surface area contributed by atoms with E-state index in [1.54, 1.807) is 4.90 Å². The van der Waals surface area contributed by atoms with Crippen molar-refractivity contribution in [2.45, 2.75) is 18.6 Å². The molecule has 0 bridgehead atoms. The molecule has 0 aromatic heterocycles. The highest BCUT2D eigenvalue weighted by atomic mass is 35.5. The summed E-state index contributed by atoms with van der Waals surface area (Å²) < 4.78 is 5.80. The summed E-state index contributed by atoms with van der Waals surface area (Å²) in [5.74, 6) is -0.0267. The summed E-state index contributed by atoms with van der Waals surface area (Å²) in [5, 5.41) is 0.687. The normalized spacial score (nSPS) is 18.3. The summed E-state index contributed by atoms with van der Waals surface area (Å²) >= 11 is 5.93. The Bertz CT molecular complexity index is 680. The fraction of sp³-hybridized carbons (Fsp3) is 0.316. The Morgan fingerprint density at radius 1 is 1.20 bits per heavy atom. The predicted molar refractivity (Wildman–Crippen MR) is 102 cm³/mol. The maximum Gasteiger partial charge on any atom is 0.240 e. The smallest absolute Gasteiger partial charge is 0.240 e. The molecule has 4 nitrogen and oxygen atoms in total. The first kappa shape index (κ1) is 19.7. The number of amides is 1. The van der Waals surface area contributed by atoms with Crippen LogP contribution in [0.3, 0.4) is 0 Å². The Hall–Kier alpha value is -1.59. The maximum absolute atomic E-state index is 12.7. The van der Waals surface area contributed by atoms with Crippen molar-refractivity contribution in [2.24, 2.45) is 5.73 Å². The minimum atomic E-state index is -0.531. The van der Waals surface area contributed by atoms with Gasteiger partial charge in [0, 0.05) is 11.6 Å². The van der Waals surface area contributed by atoms with Crippen LogP contribution in [0.25, 0.3) is 0 Å². The molecule has 1 saturated heterocycles. The first-order valence-corrected chi connectivity index (χ1v) is 8.46. The Kier molecular flexibility index (Phi) is 7.26. The molecule has 1 aliphatic rings. The van der Waals surface area contributed by atoms with Crippen molar-refractivity contribution in [3.05, 3.63) is 70.7 Å². The Morgan fingerprint density at radius 2 is 1.88 bits per heavy atom. The van der Waals surface area contributed by atoms with Gasteiger partial charge in [-0.1, -0.05) is 54.1 Å². The zero-order valence-corrected chi connectivity index (χ0v) is 15.4. The van der Waals surface area contributed by atoms with Gasteiger partial charge in [0.1, 0.15) is 6.10 Å². The fourth-order valence-electron chi connectivity index (χ4n) is 2.92. The minimum absolute atomic E-state index is 0. The molecule has 2 unspecified atom stereocenters. The first-order valence-electron chi connectivity index (χ1n) is 8.09. The topological polar surface area (TPSA) is 55.6 Å². The van der Waals surface area contributed by atoms with Gasteiger partial charge in [-0.25, -0.2) is 0 Å². The number of halogens is 2. The van der Waals surface area contributed by atoms with Gasteiger partial charge in [-0.2, -0.15) is 0 Å². The molecule has 1 fully saturated rings. The maximum atomic E-state index is 12.7. The van der Waals surface area contributed by atoms with Crippen LogP contribution < -0.4 is 5.73 Å². The highest BCUT2D eigenvalue weighted by Gasteiger charge is 2.28. The summed E-state index contributed by atoms with van der Waals surface area (Å²) in [6.45, 7) is 1.60. The van der Waals surface area contributed by atoms with Crippen LogP contribution in [-0.2, 0) is 16.0 Å². The van der Waals surface area contributed by atoms with Crippen LogP contribution in [0.1, 0.15) is 17.2 Å². The molecule has 1 amide bonds. The van der Waals surface area contributed by atoms with E-state index in [1.807, 2.05) is 54.6 Å². The van der Waals surface area contributed by atoms with Crippen LogP contribution in [0.5, 0.6) is 0 Å². The summed E-state index contributed by atoms with van der Waals surface area (Å²) in [6, 6.07) is 16.9. The third-order valence-electron chi connectivity index (χ3n) is 4.24. The summed E-state index contributed by atoms with van der Waals surface area (Å²) in [7, 11) is 0. The van der Waals surface area contributed by atoms with E-state index in [4.69, 9.17) is 22.1 Å². The molecule has 2 N–H and O–H groups in total.